The van der Waals surface area contributed by atoms with Crippen LogP contribution in [0.4, 0.5) is 4.39 Å². The molecule has 0 unspecified atom stereocenters. The van der Waals surface area contributed by atoms with Crippen molar-refractivity contribution in [2.75, 3.05) is 66.1 Å². The first kappa shape index (κ1) is 31.1. The molecule has 2 aromatic carbocycles. The van der Waals surface area contributed by atoms with Crippen LogP contribution in [0.3, 0.4) is 0 Å². The topological polar surface area (TPSA) is 109 Å². The van der Waals surface area contributed by atoms with Gasteiger partial charge in [-0.3, -0.25) is 19.2 Å². The van der Waals surface area contributed by atoms with Crippen LogP contribution < -0.4 is 4.74 Å². The van der Waals surface area contributed by atoms with Gasteiger partial charge in [-0.15, -0.1) is 5.10 Å². The quantitative estimate of drug-likeness (QED) is 0.294. The SMILES string of the molecule is COc1ccccc1-c1cc(C2=CCCN(C(=O)CCn3ccnn3)C2)c(F)c2[nH]c(C(=O)N3CCN(CC4(C)COC4)CC3)cc12. The second-order valence-electron chi connectivity index (χ2n) is 13.1. The molecule has 0 atom stereocenters. The van der Waals surface area contributed by atoms with E-state index < -0.39 is 5.82 Å². The van der Waals surface area contributed by atoms with Crippen LogP contribution in [0.1, 0.15) is 35.8 Å². The molecule has 0 spiro atoms. The number of carbonyl (C=O) groups is 2. The number of carbonyl (C=O) groups excluding carboxylic acids is 2. The van der Waals surface area contributed by atoms with E-state index in [9.17, 15) is 9.59 Å². The molecule has 2 saturated heterocycles. The highest BCUT2D eigenvalue weighted by Gasteiger charge is 2.36. The van der Waals surface area contributed by atoms with E-state index in [1.54, 1.807) is 35.2 Å². The van der Waals surface area contributed by atoms with Gasteiger partial charge in [0.25, 0.3) is 5.91 Å². The summed E-state index contributed by atoms with van der Waals surface area (Å²) >= 11 is 0. The lowest BCUT2D eigenvalue weighted by Crippen LogP contribution is -2.55. The molecule has 0 saturated carbocycles. The molecular weight excluding hydrogens is 601 g/mol. The van der Waals surface area contributed by atoms with Crippen LogP contribution in [0.2, 0.25) is 0 Å². The highest BCUT2D eigenvalue weighted by atomic mass is 19.1. The van der Waals surface area contributed by atoms with Gasteiger partial charge >= 0.3 is 0 Å². The van der Waals surface area contributed by atoms with Crippen molar-refractivity contribution in [2.24, 2.45) is 5.41 Å². The number of para-hydroxylation sites is 1. The Labute approximate surface area is 272 Å². The number of aryl methyl sites for hydroxylation is 1. The fourth-order valence-electron chi connectivity index (χ4n) is 6.93. The monoisotopic (exact) mass is 641 g/mol. The van der Waals surface area contributed by atoms with Gasteiger partial charge in [0, 0.05) is 80.4 Å². The molecule has 11 nitrogen and oxygen atoms in total. The highest BCUT2D eigenvalue weighted by Crippen LogP contribution is 2.40. The van der Waals surface area contributed by atoms with E-state index in [0.29, 0.717) is 55.0 Å². The van der Waals surface area contributed by atoms with E-state index in [0.717, 1.165) is 49.5 Å². The largest absolute Gasteiger partial charge is 0.496 e. The maximum atomic E-state index is 16.6. The van der Waals surface area contributed by atoms with Crippen molar-refractivity contribution < 1.29 is 23.5 Å². The number of nitrogens with zero attached hydrogens (tertiary/aromatic N) is 6. The lowest BCUT2D eigenvalue weighted by Gasteiger charge is -2.44. The van der Waals surface area contributed by atoms with Crippen LogP contribution in [0.15, 0.2) is 54.9 Å². The predicted octanol–water partition coefficient (Wildman–Crippen LogP) is 4.07. The molecule has 3 aliphatic heterocycles. The average Bonchev–Trinajstić information content (AvgIpc) is 3.78. The maximum absolute atomic E-state index is 16.6. The Bertz CT molecular complexity index is 1810. The molecule has 3 aliphatic rings. The molecule has 7 rings (SSSR count). The van der Waals surface area contributed by atoms with Gasteiger partial charge in [0.05, 0.1) is 38.6 Å². The number of fused-ring (bicyclic) bond motifs is 1. The van der Waals surface area contributed by atoms with Gasteiger partial charge in [-0.2, -0.15) is 0 Å². The number of ether oxygens (including phenoxy) is 2. The van der Waals surface area contributed by atoms with Crippen molar-refractivity contribution in [3.63, 3.8) is 0 Å². The minimum Gasteiger partial charge on any atom is -0.496 e. The van der Waals surface area contributed by atoms with Gasteiger partial charge in [0.2, 0.25) is 5.91 Å². The average molecular weight is 642 g/mol. The summed E-state index contributed by atoms with van der Waals surface area (Å²) in [6.45, 7) is 8.79. The maximum Gasteiger partial charge on any atom is 0.270 e. The first-order chi connectivity index (χ1) is 22.8. The minimum absolute atomic E-state index is 0.0273. The molecule has 1 N–H and O–H groups in total. The second kappa shape index (κ2) is 12.9. The molecule has 246 valence electrons. The summed E-state index contributed by atoms with van der Waals surface area (Å²) in [5.74, 6) is 0.0267. The fourth-order valence-corrected chi connectivity index (χ4v) is 6.93. The van der Waals surface area contributed by atoms with Crippen LogP contribution in [-0.2, 0) is 16.1 Å². The number of amides is 2. The molecule has 0 radical (unpaired) electrons. The number of aromatic nitrogens is 4. The molecule has 2 fully saturated rings. The number of hydrogen-bond donors (Lipinski definition) is 1. The number of aromatic amines is 1. The Morgan fingerprint density at radius 2 is 1.85 bits per heavy atom. The normalized spacial score (nSPS) is 18.2. The molecule has 12 heteroatoms. The molecule has 0 aliphatic carbocycles. The molecular formula is C35H40FN7O4. The second-order valence-corrected chi connectivity index (χ2v) is 13.1. The fraction of sp³-hybridized carbons (Fsp3) is 0.429. The van der Waals surface area contributed by atoms with Crippen LogP contribution in [0.25, 0.3) is 27.6 Å². The third-order valence-corrected chi connectivity index (χ3v) is 9.52. The van der Waals surface area contributed by atoms with Gasteiger partial charge in [0.1, 0.15) is 11.4 Å². The predicted molar refractivity (Wildman–Crippen MR) is 175 cm³/mol. The van der Waals surface area contributed by atoms with E-state index in [4.69, 9.17) is 9.47 Å². The lowest BCUT2D eigenvalue weighted by atomic mass is 9.88. The van der Waals surface area contributed by atoms with Gasteiger partial charge in [0.15, 0.2) is 5.82 Å². The van der Waals surface area contributed by atoms with Gasteiger partial charge < -0.3 is 24.3 Å². The standard InChI is InChI=1S/C35H40FN7O4/c1-35(22-47-23-35)21-40-14-16-41(17-15-40)34(45)29-19-28-27(25-7-3-4-8-30(25)46-2)18-26(32(36)33(28)38-29)24-6-5-11-42(20-24)31(44)9-12-43-13-10-37-39-43/h3-4,6-8,10,13,18-19,38H,5,9,11-12,14-17,20-23H2,1-2H3. The summed E-state index contributed by atoms with van der Waals surface area (Å²) in [6.07, 6.45) is 6.19. The smallest absolute Gasteiger partial charge is 0.270 e. The first-order valence-electron chi connectivity index (χ1n) is 16.2. The zero-order valence-corrected chi connectivity index (χ0v) is 26.9. The summed E-state index contributed by atoms with van der Waals surface area (Å²) in [7, 11) is 1.61. The lowest BCUT2D eigenvalue weighted by molar-refractivity contribution is -0.131. The summed E-state index contributed by atoms with van der Waals surface area (Å²) in [5.41, 5.74) is 3.46. The van der Waals surface area contributed by atoms with Crippen molar-refractivity contribution in [1.82, 2.24) is 34.7 Å². The minimum atomic E-state index is -0.443. The summed E-state index contributed by atoms with van der Waals surface area (Å²) in [4.78, 5) is 36.1. The highest BCUT2D eigenvalue weighted by molar-refractivity contribution is 6.05. The summed E-state index contributed by atoms with van der Waals surface area (Å²) in [5, 5.41) is 8.35. The van der Waals surface area contributed by atoms with Gasteiger partial charge in [-0.25, -0.2) is 4.39 Å². The molecule has 0 bridgehead atoms. The number of hydrogen-bond acceptors (Lipinski definition) is 7. The Kier molecular flexibility index (Phi) is 8.54. The van der Waals surface area contributed by atoms with Crippen molar-refractivity contribution in [1.29, 1.82) is 0 Å². The summed E-state index contributed by atoms with van der Waals surface area (Å²) < 4.78 is 29.3. The van der Waals surface area contributed by atoms with Crippen molar-refractivity contribution in [2.45, 2.75) is 26.3 Å². The van der Waals surface area contributed by atoms with E-state index in [1.165, 1.54) is 0 Å². The van der Waals surface area contributed by atoms with Crippen LogP contribution in [0.5, 0.6) is 5.75 Å². The third-order valence-electron chi connectivity index (χ3n) is 9.52. The number of methoxy groups -OCH3 is 1. The van der Waals surface area contributed by atoms with Crippen molar-refractivity contribution in [3.8, 4) is 16.9 Å². The van der Waals surface area contributed by atoms with E-state index in [1.807, 2.05) is 41.3 Å². The number of rotatable bonds is 9. The van der Waals surface area contributed by atoms with E-state index in [-0.39, 0.29) is 35.7 Å². The van der Waals surface area contributed by atoms with Crippen molar-refractivity contribution in [3.05, 3.63) is 71.9 Å². The van der Waals surface area contributed by atoms with E-state index in [2.05, 4.69) is 27.1 Å². The number of piperazine rings is 1. The Hall–Kier alpha value is -4.55. The third kappa shape index (κ3) is 6.27. The van der Waals surface area contributed by atoms with Gasteiger partial charge in [-0.05, 0) is 35.8 Å². The molecule has 2 amide bonds. The summed E-state index contributed by atoms with van der Waals surface area (Å²) in [6, 6.07) is 11.2. The van der Waals surface area contributed by atoms with Crippen LogP contribution in [0, 0.1) is 11.2 Å². The zero-order valence-electron chi connectivity index (χ0n) is 26.9. The molecule has 2 aromatic heterocycles. The number of nitrogens with one attached hydrogen (secondary N) is 1. The number of H-pyrrole nitrogens is 1. The Balaban J connectivity index is 1.18. The van der Waals surface area contributed by atoms with E-state index >= 15 is 4.39 Å². The Morgan fingerprint density at radius 3 is 2.57 bits per heavy atom. The van der Waals surface area contributed by atoms with Crippen LogP contribution >= 0.6 is 0 Å². The van der Waals surface area contributed by atoms with Gasteiger partial charge in [-0.1, -0.05) is 36.4 Å². The van der Waals surface area contributed by atoms with Crippen molar-refractivity contribution >= 4 is 28.3 Å². The first-order valence-corrected chi connectivity index (χ1v) is 16.2. The molecule has 47 heavy (non-hydrogen) atoms. The van der Waals surface area contributed by atoms with Crippen LogP contribution in [-0.4, -0.2) is 113 Å². The zero-order chi connectivity index (χ0) is 32.5. The Morgan fingerprint density at radius 1 is 1.04 bits per heavy atom. The molecule has 4 aromatic rings. The molecule has 5 heterocycles. The number of benzene rings is 2. The number of halogens is 1.